The zero-order valence-corrected chi connectivity index (χ0v) is 10.3. The predicted molar refractivity (Wildman–Crippen MR) is 69.4 cm³/mol. The van der Waals surface area contributed by atoms with Crippen molar-refractivity contribution in [2.45, 2.75) is 19.9 Å². The van der Waals surface area contributed by atoms with Gasteiger partial charge in [-0.3, -0.25) is 5.84 Å². The van der Waals surface area contributed by atoms with Crippen LogP contribution in [0, 0.1) is 13.8 Å². The Labute approximate surface area is 100 Å². The molecular formula is C13H16N2S. The van der Waals surface area contributed by atoms with Crippen molar-refractivity contribution in [3.05, 3.63) is 57.3 Å². The van der Waals surface area contributed by atoms with Gasteiger partial charge >= 0.3 is 0 Å². The number of aryl methyl sites for hydroxylation is 2. The molecule has 3 heteroatoms. The molecule has 2 rings (SSSR count). The number of hydrogen-bond donors (Lipinski definition) is 2. The standard InChI is InChI=1S/C13H16N2S/c1-9-4-3-5-10(2)12(9)13(15-14)11-6-7-16-8-11/h3-8,13,15H,14H2,1-2H3. The summed E-state index contributed by atoms with van der Waals surface area (Å²) in [4.78, 5) is 0. The topological polar surface area (TPSA) is 38.0 Å². The fraction of sp³-hybridized carbons (Fsp3) is 0.231. The molecule has 2 nitrogen and oxygen atoms in total. The van der Waals surface area contributed by atoms with Crippen LogP contribution in [-0.4, -0.2) is 0 Å². The highest BCUT2D eigenvalue weighted by molar-refractivity contribution is 7.08. The van der Waals surface area contributed by atoms with E-state index in [9.17, 15) is 0 Å². The molecule has 1 aromatic heterocycles. The van der Waals surface area contributed by atoms with Crippen molar-refractivity contribution in [3.63, 3.8) is 0 Å². The van der Waals surface area contributed by atoms with Gasteiger partial charge in [0.25, 0.3) is 0 Å². The second kappa shape index (κ2) is 4.78. The number of rotatable bonds is 3. The van der Waals surface area contributed by atoms with Crippen LogP contribution in [0.3, 0.4) is 0 Å². The van der Waals surface area contributed by atoms with Gasteiger partial charge in [-0.2, -0.15) is 11.3 Å². The summed E-state index contributed by atoms with van der Waals surface area (Å²) in [6.45, 7) is 4.25. The number of hydrogen-bond acceptors (Lipinski definition) is 3. The van der Waals surface area contributed by atoms with E-state index in [0.29, 0.717) is 0 Å². The lowest BCUT2D eigenvalue weighted by Gasteiger charge is -2.20. The highest BCUT2D eigenvalue weighted by Crippen LogP contribution is 2.28. The SMILES string of the molecule is Cc1cccc(C)c1C(NN)c1ccsc1. The van der Waals surface area contributed by atoms with Crippen molar-refractivity contribution in [3.8, 4) is 0 Å². The molecule has 2 aromatic rings. The van der Waals surface area contributed by atoms with E-state index in [2.05, 4.69) is 54.3 Å². The minimum atomic E-state index is 0.0902. The average Bonchev–Trinajstić information content (AvgIpc) is 2.77. The maximum atomic E-state index is 5.69. The molecule has 0 aliphatic rings. The normalized spacial score (nSPS) is 12.7. The summed E-state index contributed by atoms with van der Waals surface area (Å²) in [5.41, 5.74) is 7.96. The van der Waals surface area contributed by atoms with E-state index in [-0.39, 0.29) is 6.04 Å². The molecule has 0 bridgehead atoms. The van der Waals surface area contributed by atoms with Gasteiger partial charge in [0.15, 0.2) is 0 Å². The molecule has 0 aliphatic heterocycles. The van der Waals surface area contributed by atoms with Crippen LogP contribution in [0.15, 0.2) is 35.0 Å². The number of nitrogens with two attached hydrogens (primary N) is 1. The molecule has 1 unspecified atom stereocenters. The van der Waals surface area contributed by atoms with Gasteiger partial charge < -0.3 is 0 Å². The van der Waals surface area contributed by atoms with Gasteiger partial charge in [0.1, 0.15) is 0 Å². The number of benzene rings is 1. The quantitative estimate of drug-likeness (QED) is 0.631. The van der Waals surface area contributed by atoms with Crippen LogP contribution >= 0.6 is 11.3 Å². The Morgan fingerprint density at radius 2 is 1.88 bits per heavy atom. The zero-order valence-electron chi connectivity index (χ0n) is 9.53. The molecule has 3 N–H and O–H groups in total. The fourth-order valence-corrected chi connectivity index (χ4v) is 2.75. The van der Waals surface area contributed by atoms with Crippen LogP contribution in [0.25, 0.3) is 0 Å². The minimum Gasteiger partial charge on any atom is -0.271 e. The highest BCUT2D eigenvalue weighted by atomic mass is 32.1. The molecule has 0 radical (unpaired) electrons. The lowest BCUT2D eigenvalue weighted by Crippen LogP contribution is -2.29. The summed E-state index contributed by atoms with van der Waals surface area (Å²) in [5.74, 6) is 5.69. The van der Waals surface area contributed by atoms with Gasteiger partial charge in [0.2, 0.25) is 0 Å². The van der Waals surface area contributed by atoms with Crippen molar-refractivity contribution >= 4 is 11.3 Å². The molecule has 0 fully saturated rings. The molecule has 1 heterocycles. The van der Waals surface area contributed by atoms with E-state index in [1.54, 1.807) is 11.3 Å². The third kappa shape index (κ3) is 2.02. The van der Waals surface area contributed by atoms with Gasteiger partial charge in [-0.05, 0) is 52.9 Å². The van der Waals surface area contributed by atoms with Crippen LogP contribution in [0.5, 0.6) is 0 Å². The van der Waals surface area contributed by atoms with Gasteiger partial charge in [-0.25, -0.2) is 5.43 Å². The van der Waals surface area contributed by atoms with E-state index in [1.807, 2.05) is 0 Å². The first-order valence-electron chi connectivity index (χ1n) is 5.28. The first-order valence-corrected chi connectivity index (χ1v) is 6.22. The minimum absolute atomic E-state index is 0.0902. The van der Waals surface area contributed by atoms with Gasteiger partial charge in [0.05, 0.1) is 6.04 Å². The monoisotopic (exact) mass is 232 g/mol. The molecule has 0 aliphatic carbocycles. The Morgan fingerprint density at radius 3 is 2.38 bits per heavy atom. The summed E-state index contributed by atoms with van der Waals surface area (Å²) in [7, 11) is 0. The summed E-state index contributed by atoms with van der Waals surface area (Å²) < 4.78 is 0. The Morgan fingerprint density at radius 1 is 1.19 bits per heavy atom. The van der Waals surface area contributed by atoms with Gasteiger partial charge in [0, 0.05) is 0 Å². The number of nitrogens with one attached hydrogen (secondary N) is 1. The summed E-state index contributed by atoms with van der Waals surface area (Å²) >= 11 is 1.69. The van der Waals surface area contributed by atoms with E-state index in [1.165, 1.54) is 22.3 Å². The van der Waals surface area contributed by atoms with Crippen molar-refractivity contribution in [2.75, 3.05) is 0 Å². The Hall–Kier alpha value is -1.16. The van der Waals surface area contributed by atoms with Gasteiger partial charge in [-0.15, -0.1) is 0 Å². The Balaban J connectivity index is 2.49. The molecule has 1 atom stereocenters. The van der Waals surface area contributed by atoms with E-state index in [4.69, 9.17) is 5.84 Å². The highest BCUT2D eigenvalue weighted by Gasteiger charge is 2.16. The van der Waals surface area contributed by atoms with Crippen LogP contribution in [-0.2, 0) is 0 Å². The summed E-state index contributed by atoms with van der Waals surface area (Å²) in [5, 5.41) is 4.21. The first-order chi connectivity index (χ1) is 7.74. The van der Waals surface area contributed by atoms with Crippen LogP contribution in [0.4, 0.5) is 0 Å². The van der Waals surface area contributed by atoms with E-state index in [0.717, 1.165) is 0 Å². The molecular weight excluding hydrogens is 216 g/mol. The summed E-state index contributed by atoms with van der Waals surface area (Å²) in [6.07, 6.45) is 0. The second-order valence-electron chi connectivity index (χ2n) is 3.96. The smallest absolute Gasteiger partial charge is 0.0723 e. The first kappa shape index (κ1) is 11.3. The maximum Gasteiger partial charge on any atom is 0.0723 e. The molecule has 84 valence electrons. The molecule has 1 aromatic carbocycles. The predicted octanol–water partition coefficient (Wildman–Crippen LogP) is 2.92. The Bertz CT molecular complexity index is 443. The van der Waals surface area contributed by atoms with E-state index < -0.39 is 0 Å². The van der Waals surface area contributed by atoms with Gasteiger partial charge in [-0.1, -0.05) is 18.2 Å². The second-order valence-corrected chi connectivity index (χ2v) is 4.74. The van der Waals surface area contributed by atoms with E-state index >= 15 is 0 Å². The third-order valence-electron chi connectivity index (χ3n) is 2.87. The molecule has 0 spiro atoms. The molecule has 0 saturated carbocycles. The Kier molecular flexibility index (Phi) is 3.39. The fourth-order valence-electron chi connectivity index (χ4n) is 2.07. The molecule has 16 heavy (non-hydrogen) atoms. The zero-order chi connectivity index (χ0) is 11.5. The largest absolute Gasteiger partial charge is 0.271 e. The van der Waals surface area contributed by atoms with Crippen molar-refractivity contribution in [1.82, 2.24) is 5.43 Å². The van der Waals surface area contributed by atoms with Crippen molar-refractivity contribution < 1.29 is 0 Å². The number of thiophene rings is 1. The average molecular weight is 232 g/mol. The van der Waals surface area contributed by atoms with Crippen LogP contribution < -0.4 is 11.3 Å². The van der Waals surface area contributed by atoms with Crippen molar-refractivity contribution in [2.24, 2.45) is 5.84 Å². The lowest BCUT2D eigenvalue weighted by atomic mass is 9.93. The summed E-state index contributed by atoms with van der Waals surface area (Å²) in [6, 6.07) is 8.53. The third-order valence-corrected chi connectivity index (χ3v) is 3.58. The number of hydrazine groups is 1. The van der Waals surface area contributed by atoms with Crippen molar-refractivity contribution in [1.29, 1.82) is 0 Å². The van der Waals surface area contributed by atoms with Crippen LogP contribution in [0.1, 0.15) is 28.3 Å². The lowest BCUT2D eigenvalue weighted by molar-refractivity contribution is 0.632. The molecule has 0 saturated heterocycles. The maximum absolute atomic E-state index is 5.69. The molecule has 0 amide bonds. The van der Waals surface area contributed by atoms with Crippen LogP contribution in [0.2, 0.25) is 0 Å².